The average molecular weight is 197 g/mol. The van der Waals surface area contributed by atoms with Crippen LogP contribution in [0, 0.1) is 0 Å². The average Bonchev–Trinajstić information content (AvgIpc) is 2.52. The molecule has 0 N–H and O–H groups in total. The van der Waals surface area contributed by atoms with Gasteiger partial charge in [-0.1, -0.05) is 26.2 Å². The summed E-state index contributed by atoms with van der Waals surface area (Å²) in [6.07, 6.45) is 6.74. The molecule has 2 heteroatoms. The van der Waals surface area contributed by atoms with E-state index in [1.54, 1.807) is 0 Å². The van der Waals surface area contributed by atoms with Crippen LogP contribution in [0.25, 0.3) is 0 Å². The Morgan fingerprint density at radius 3 is 2.57 bits per heavy atom. The number of carbonyl (C=O) groups is 1. The number of unbranched alkanes of at least 4 members (excludes halogenated alkanes) is 2. The topological polar surface area (TPSA) is 20.3 Å². The van der Waals surface area contributed by atoms with Crippen LogP contribution in [0.1, 0.15) is 59.3 Å². The Bertz CT molecular complexity index is 198. The van der Waals surface area contributed by atoms with Crippen LogP contribution in [0.15, 0.2) is 0 Å². The molecule has 1 heterocycles. The van der Waals surface area contributed by atoms with Crippen LogP contribution in [0.4, 0.5) is 0 Å². The van der Waals surface area contributed by atoms with Gasteiger partial charge >= 0.3 is 0 Å². The monoisotopic (exact) mass is 197 g/mol. The number of hydrogen-bond acceptors (Lipinski definition) is 1. The number of rotatable bonds is 5. The largest absolute Gasteiger partial charge is 0.338 e. The van der Waals surface area contributed by atoms with Crippen LogP contribution in [-0.2, 0) is 4.79 Å². The van der Waals surface area contributed by atoms with Crippen LogP contribution in [0.2, 0.25) is 0 Å². The van der Waals surface area contributed by atoms with Crippen molar-refractivity contribution in [3.63, 3.8) is 0 Å². The van der Waals surface area contributed by atoms with E-state index in [4.69, 9.17) is 0 Å². The molecule has 0 aromatic rings. The minimum absolute atomic E-state index is 0.0861. The van der Waals surface area contributed by atoms with Crippen molar-refractivity contribution < 1.29 is 4.79 Å². The molecule has 2 nitrogen and oxygen atoms in total. The molecular weight excluding hydrogens is 174 g/mol. The summed E-state index contributed by atoms with van der Waals surface area (Å²) in [4.78, 5) is 13.7. The fourth-order valence-corrected chi connectivity index (χ4v) is 2.23. The zero-order valence-electron chi connectivity index (χ0n) is 9.81. The van der Waals surface area contributed by atoms with Gasteiger partial charge in [-0.05, 0) is 26.7 Å². The maximum Gasteiger partial charge on any atom is 0.223 e. The summed E-state index contributed by atoms with van der Waals surface area (Å²) in [5.74, 6) is 0.353. The quantitative estimate of drug-likeness (QED) is 0.620. The summed E-state index contributed by atoms with van der Waals surface area (Å²) in [6.45, 7) is 7.59. The highest BCUT2D eigenvalue weighted by Gasteiger charge is 2.33. The predicted octanol–water partition coefficient (Wildman–Crippen LogP) is 2.97. The molecule has 0 radical (unpaired) electrons. The Morgan fingerprint density at radius 2 is 2.07 bits per heavy atom. The molecule has 1 fully saturated rings. The maximum absolute atomic E-state index is 11.6. The van der Waals surface area contributed by atoms with Crippen molar-refractivity contribution in [2.45, 2.75) is 64.8 Å². The van der Waals surface area contributed by atoms with Gasteiger partial charge in [-0.25, -0.2) is 0 Å². The van der Waals surface area contributed by atoms with Gasteiger partial charge in [0.15, 0.2) is 0 Å². The summed E-state index contributed by atoms with van der Waals surface area (Å²) in [5, 5.41) is 0. The van der Waals surface area contributed by atoms with Crippen molar-refractivity contribution >= 4 is 5.91 Å². The number of nitrogens with zero attached hydrogens (tertiary/aromatic N) is 1. The number of hydrogen-bond donors (Lipinski definition) is 0. The molecule has 1 amide bonds. The van der Waals surface area contributed by atoms with Crippen molar-refractivity contribution in [1.82, 2.24) is 4.90 Å². The molecule has 0 aromatic heterocycles. The molecule has 0 saturated carbocycles. The van der Waals surface area contributed by atoms with Crippen molar-refractivity contribution in [2.24, 2.45) is 0 Å². The minimum Gasteiger partial charge on any atom is -0.338 e. The van der Waals surface area contributed by atoms with E-state index in [1.807, 2.05) is 0 Å². The highest BCUT2D eigenvalue weighted by atomic mass is 16.2. The normalized spacial score (nSPS) is 17.9. The number of carbonyl (C=O) groups excluding carboxylic acids is 1. The SMILES string of the molecule is CCCCCC(C)(C)N1CCCC1=O. The lowest BCUT2D eigenvalue weighted by atomic mass is 9.95. The van der Waals surface area contributed by atoms with Gasteiger partial charge in [0.25, 0.3) is 0 Å². The van der Waals surface area contributed by atoms with E-state index in [1.165, 1.54) is 19.3 Å². The standard InChI is InChI=1S/C12H23NO/c1-4-5-6-9-12(2,3)13-10-7-8-11(13)14/h4-10H2,1-3H3. The highest BCUT2D eigenvalue weighted by molar-refractivity contribution is 5.78. The van der Waals surface area contributed by atoms with Crippen LogP contribution in [-0.4, -0.2) is 22.9 Å². The zero-order valence-corrected chi connectivity index (χ0v) is 9.81. The van der Waals surface area contributed by atoms with Gasteiger partial charge in [-0.2, -0.15) is 0 Å². The Morgan fingerprint density at radius 1 is 1.36 bits per heavy atom. The Balaban J connectivity index is 2.42. The molecule has 1 rings (SSSR count). The third kappa shape index (κ3) is 2.73. The zero-order chi connectivity index (χ0) is 10.6. The molecule has 0 aromatic carbocycles. The molecule has 14 heavy (non-hydrogen) atoms. The van der Waals surface area contributed by atoms with Gasteiger partial charge < -0.3 is 4.90 Å². The molecule has 0 unspecified atom stereocenters. The summed E-state index contributed by atoms with van der Waals surface area (Å²) < 4.78 is 0. The first-order chi connectivity index (χ1) is 6.58. The molecule has 0 aliphatic carbocycles. The maximum atomic E-state index is 11.6. The fourth-order valence-electron chi connectivity index (χ4n) is 2.23. The first-order valence-electron chi connectivity index (χ1n) is 5.88. The Labute approximate surface area is 87.7 Å². The van der Waals surface area contributed by atoms with E-state index in [0.29, 0.717) is 5.91 Å². The van der Waals surface area contributed by atoms with Gasteiger partial charge in [-0.15, -0.1) is 0 Å². The molecule has 82 valence electrons. The van der Waals surface area contributed by atoms with E-state index in [2.05, 4.69) is 25.7 Å². The smallest absolute Gasteiger partial charge is 0.223 e. The third-order valence-corrected chi connectivity index (χ3v) is 3.20. The number of amides is 1. The Hall–Kier alpha value is -0.530. The molecule has 1 aliphatic heterocycles. The molecule has 0 bridgehead atoms. The fraction of sp³-hybridized carbons (Fsp3) is 0.917. The van der Waals surface area contributed by atoms with Gasteiger partial charge in [-0.3, -0.25) is 4.79 Å². The lowest BCUT2D eigenvalue weighted by molar-refractivity contribution is -0.132. The van der Waals surface area contributed by atoms with E-state index in [0.717, 1.165) is 25.8 Å². The summed E-state index contributed by atoms with van der Waals surface area (Å²) in [6, 6.07) is 0. The van der Waals surface area contributed by atoms with E-state index < -0.39 is 0 Å². The summed E-state index contributed by atoms with van der Waals surface area (Å²) >= 11 is 0. The molecule has 1 aliphatic rings. The second kappa shape index (κ2) is 4.81. The van der Waals surface area contributed by atoms with Crippen molar-refractivity contribution in [3.05, 3.63) is 0 Å². The van der Waals surface area contributed by atoms with Crippen LogP contribution < -0.4 is 0 Å². The van der Waals surface area contributed by atoms with Crippen molar-refractivity contribution in [3.8, 4) is 0 Å². The highest BCUT2D eigenvalue weighted by Crippen LogP contribution is 2.26. The Kier molecular flexibility index (Phi) is 3.97. The molecule has 1 saturated heterocycles. The van der Waals surface area contributed by atoms with Crippen LogP contribution >= 0.6 is 0 Å². The molecule has 0 atom stereocenters. The van der Waals surface area contributed by atoms with Crippen LogP contribution in [0.3, 0.4) is 0 Å². The van der Waals surface area contributed by atoms with Gasteiger partial charge in [0.05, 0.1) is 0 Å². The third-order valence-electron chi connectivity index (χ3n) is 3.20. The van der Waals surface area contributed by atoms with Gasteiger partial charge in [0.1, 0.15) is 0 Å². The molecule has 0 spiro atoms. The van der Waals surface area contributed by atoms with Crippen LogP contribution in [0.5, 0.6) is 0 Å². The van der Waals surface area contributed by atoms with Gasteiger partial charge in [0, 0.05) is 18.5 Å². The first kappa shape index (κ1) is 11.5. The number of likely N-dealkylation sites (tertiary alicyclic amines) is 1. The van der Waals surface area contributed by atoms with E-state index >= 15 is 0 Å². The summed E-state index contributed by atoms with van der Waals surface area (Å²) in [7, 11) is 0. The summed E-state index contributed by atoms with van der Waals surface area (Å²) in [5.41, 5.74) is 0.0861. The second-order valence-corrected chi connectivity index (χ2v) is 4.92. The van der Waals surface area contributed by atoms with E-state index in [-0.39, 0.29) is 5.54 Å². The van der Waals surface area contributed by atoms with E-state index in [9.17, 15) is 4.79 Å². The first-order valence-corrected chi connectivity index (χ1v) is 5.88. The second-order valence-electron chi connectivity index (χ2n) is 4.92. The van der Waals surface area contributed by atoms with Crippen molar-refractivity contribution in [2.75, 3.05) is 6.54 Å². The van der Waals surface area contributed by atoms with Crippen molar-refractivity contribution in [1.29, 1.82) is 0 Å². The predicted molar refractivity (Wildman–Crippen MR) is 59.2 cm³/mol. The lowest BCUT2D eigenvalue weighted by Crippen LogP contribution is -2.44. The minimum atomic E-state index is 0.0861. The lowest BCUT2D eigenvalue weighted by Gasteiger charge is -2.35. The molecular formula is C12H23NO. The van der Waals surface area contributed by atoms with Gasteiger partial charge in [0.2, 0.25) is 5.91 Å².